The molecular weight excluding hydrogens is 865 g/mol. The number of rotatable bonds is 54. The third-order valence-electron chi connectivity index (χ3n) is 12.9. The van der Waals surface area contributed by atoms with Gasteiger partial charge < -0.3 is 14.2 Å². The van der Waals surface area contributed by atoms with Gasteiger partial charge in [-0.05, 0) is 109 Å². The molecule has 0 N–H and O–H groups in total. The molecule has 70 heavy (non-hydrogen) atoms. The van der Waals surface area contributed by atoms with Gasteiger partial charge in [-0.2, -0.15) is 0 Å². The van der Waals surface area contributed by atoms with Gasteiger partial charge in [-0.15, -0.1) is 0 Å². The molecular formula is C64H112O6. The number of allylic oxidation sites excluding steroid dienone is 12. The van der Waals surface area contributed by atoms with Crippen LogP contribution in [0.4, 0.5) is 0 Å². The molecule has 0 aromatic rings. The lowest BCUT2D eigenvalue weighted by molar-refractivity contribution is -0.167. The Bertz CT molecular complexity index is 1310. The highest BCUT2D eigenvalue weighted by Crippen LogP contribution is 2.15. The Hall–Kier alpha value is -3.15. The van der Waals surface area contributed by atoms with Crippen LogP contribution in [0.1, 0.15) is 297 Å². The van der Waals surface area contributed by atoms with Crippen molar-refractivity contribution in [2.24, 2.45) is 0 Å². The zero-order valence-electron chi connectivity index (χ0n) is 46.3. The standard InChI is InChI=1S/C64H112O6/c1-4-7-10-13-16-19-22-25-28-30-31-32-33-34-37-39-42-45-48-51-54-57-63(66)69-60-61(59-68-62(65)56-53-50-47-44-41-38-35-27-24-21-18-15-12-9-6-3)70-64(67)58-55-52-49-46-43-40-36-29-26-23-20-17-14-11-8-5-2/h9,12,18,21,27,29-31,35-36,41,44,61H,4-8,10-11,13-17,19-20,22-26,28,32-34,37-40,42-43,45-60H2,1-3H3/b12-9-,21-18-,31-30-,35-27-,36-29-,44-41-. The fraction of sp³-hybridized carbons (Fsp3) is 0.766. The van der Waals surface area contributed by atoms with Gasteiger partial charge >= 0.3 is 17.9 Å². The first-order chi connectivity index (χ1) is 34.5. The predicted octanol–water partition coefficient (Wildman–Crippen LogP) is 20.2. The van der Waals surface area contributed by atoms with E-state index in [1.807, 2.05) is 0 Å². The largest absolute Gasteiger partial charge is 0.462 e. The summed E-state index contributed by atoms with van der Waals surface area (Å²) < 4.78 is 16.8. The Morgan fingerprint density at radius 2 is 0.557 bits per heavy atom. The highest BCUT2D eigenvalue weighted by molar-refractivity contribution is 5.71. The molecule has 0 heterocycles. The van der Waals surface area contributed by atoms with Crippen LogP contribution in [-0.2, 0) is 28.6 Å². The zero-order chi connectivity index (χ0) is 50.7. The first-order valence-electron chi connectivity index (χ1n) is 29.9. The van der Waals surface area contributed by atoms with Crippen LogP contribution in [0.25, 0.3) is 0 Å². The molecule has 0 saturated carbocycles. The molecule has 0 aliphatic heterocycles. The van der Waals surface area contributed by atoms with E-state index in [1.54, 1.807) is 0 Å². The fourth-order valence-electron chi connectivity index (χ4n) is 8.42. The molecule has 0 bridgehead atoms. The van der Waals surface area contributed by atoms with Gasteiger partial charge in [0, 0.05) is 19.3 Å². The molecule has 0 aliphatic carbocycles. The normalized spacial score (nSPS) is 12.6. The summed E-state index contributed by atoms with van der Waals surface area (Å²) >= 11 is 0. The van der Waals surface area contributed by atoms with Gasteiger partial charge in [-0.25, -0.2) is 0 Å². The predicted molar refractivity (Wildman–Crippen MR) is 302 cm³/mol. The van der Waals surface area contributed by atoms with Crippen LogP contribution >= 0.6 is 0 Å². The van der Waals surface area contributed by atoms with Crippen molar-refractivity contribution >= 4 is 17.9 Å². The highest BCUT2D eigenvalue weighted by atomic mass is 16.6. The molecule has 0 rings (SSSR count). The van der Waals surface area contributed by atoms with Crippen LogP contribution in [0.2, 0.25) is 0 Å². The van der Waals surface area contributed by atoms with Gasteiger partial charge in [0.05, 0.1) is 0 Å². The van der Waals surface area contributed by atoms with E-state index >= 15 is 0 Å². The van der Waals surface area contributed by atoms with Crippen LogP contribution in [0, 0.1) is 0 Å². The number of hydrogen-bond acceptors (Lipinski definition) is 6. The topological polar surface area (TPSA) is 78.9 Å². The van der Waals surface area contributed by atoms with Crippen molar-refractivity contribution < 1.29 is 28.6 Å². The molecule has 1 atom stereocenters. The van der Waals surface area contributed by atoms with Crippen LogP contribution in [0.3, 0.4) is 0 Å². The summed E-state index contributed by atoms with van der Waals surface area (Å²) in [6.07, 6.45) is 74.7. The van der Waals surface area contributed by atoms with E-state index in [1.165, 1.54) is 161 Å². The molecule has 1 unspecified atom stereocenters. The van der Waals surface area contributed by atoms with Gasteiger partial charge in [0.2, 0.25) is 0 Å². The lowest BCUT2D eigenvalue weighted by atomic mass is 10.1. The first kappa shape index (κ1) is 66.9. The van der Waals surface area contributed by atoms with E-state index in [9.17, 15) is 14.4 Å². The lowest BCUT2D eigenvalue weighted by Crippen LogP contribution is -2.30. The van der Waals surface area contributed by atoms with E-state index in [-0.39, 0.29) is 31.1 Å². The lowest BCUT2D eigenvalue weighted by Gasteiger charge is -2.18. The van der Waals surface area contributed by atoms with Gasteiger partial charge in [-0.1, -0.05) is 241 Å². The maximum atomic E-state index is 12.9. The maximum Gasteiger partial charge on any atom is 0.306 e. The number of esters is 3. The molecule has 0 fully saturated rings. The van der Waals surface area contributed by atoms with Crippen LogP contribution in [0.5, 0.6) is 0 Å². The van der Waals surface area contributed by atoms with Gasteiger partial charge in [0.1, 0.15) is 13.2 Å². The SMILES string of the molecule is CC/C=C\C/C=C\C/C=C\C/C=C\CCCCC(=O)OCC(COC(=O)CCCCCCCCCCC/C=C\CCCCCCCCCC)OC(=O)CCCCCCC/C=C\CCCCCCCCC. The Kier molecular flexibility index (Phi) is 55.8. The molecule has 6 nitrogen and oxygen atoms in total. The summed E-state index contributed by atoms with van der Waals surface area (Å²) in [5.74, 6) is -0.936. The molecule has 0 amide bonds. The Balaban J connectivity index is 4.40. The van der Waals surface area contributed by atoms with Crippen LogP contribution in [0.15, 0.2) is 72.9 Å². The molecule has 404 valence electrons. The van der Waals surface area contributed by atoms with Crippen molar-refractivity contribution in [3.05, 3.63) is 72.9 Å². The average Bonchev–Trinajstić information content (AvgIpc) is 3.36. The van der Waals surface area contributed by atoms with Crippen LogP contribution < -0.4 is 0 Å². The molecule has 0 spiro atoms. The summed E-state index contributed by atoms with van der Waals surface area (Å²) in [5, 5.41) is 0. The van der Waals surface area contributed by atoms with Crippen LogP contribution in [-0.4, -0.2) is 37.2 Å². The number of carbonyl (C=O) groups is 3. The number of ether oxygens (including phenoxy) is 3. The second-order valence-corrected chi connectivity index (χ2v) is 19.9. The average molecular weight is 978 g/mol. The van der Waals surface area contributed by atoms with Gasteiger partial charge in [-0.3, -0.25) is 14.4 Å². The monoisotopic (exact) mass is 977 g/mol. The van der Waals surface area contributed by atoms with Crippen molar-refractivity contribution in [2.75, 3.05) is 13.2 Å². The minimum absolute atomic E-state index is 0.0921. The van der Waals surface area contributed by atoms with Crippen molar-refractivity contribution in [1.82, 2.24) is 0 Å². The van der Waals surface area contributed by atoms with Crippen molar-refractivity contribution in [2.45, 2.75) is 303 Å². The molecule has 0 radical (unpaired) electrons. The molecule has 6 heteroatoms. The van der Waals surface area contributed by atoms with E-state index in [0.717, 1.165) is 96.3 Å². The van der Waals surface area contributed by atoms with E-state index in [4.69, 9.17) is 14.2 Å². The van der Waals surface area contributed by atoms with Crippen molar-refractivity contribution in [3.63, 3.8) is 0 Å². The van der Waals surface area contributed by atoms with Gasteiger partial charge in [0.25, 0.3) is 0 Å². The number of carbonyl (C=O) groups excluding carboxylic acids is 3. The Morgan fingerprint density at radius 3 is 0.914 bits per heavy atom. The minimum atomic E-state index is -0.798. The smallest absolute Gasteiger partial charge is 0.306 e. The molecule has 0 aliphatic rings. The Labute approximate surface area is 433 Å². The highest BCUT2D eigenvalue weighted by Gasteiger charge is 2.19. The first-order valence-corrected chi connectivity index (χ1v) is 29.9. The summed E-state index contributed by atoms with van der Waals surface area (Å²) in [7, 11) is 0. The Morgan fingerprint density at radius 1 is 0.300 bits per heavy atom. The molecule has 0 aromatic heterocycles. The quantitative estimate of drug-likeness (QED) is 0.0261. The third-order valence-corrected chi connectivity index (χ3v) is 12.9. The molecule has 0 aromatic carbocycles. The van der Waals surface area contributed by atoms with Gasteiger partial charge in [0.15, 0.2) is 6.10 Å². The van der Waals surface area contributed by atoms with Crippen molar-refractivity contribution in [3.8, 4) is 0 Å². The number of unbranched alkanes of at least 4 members (excludes halogenated alkanes) is 31. The zero-order valence-corrected chi connectivity index (χ0v) is 46.3. The third kappa shape index (κ3) is 55.8. The van der Waals surface area contributed by atoms with E-state index < -0.39 is 6.10 Å². The minimum Gasteiger partial charge on any atom is -0.462 e. The summed E-state index contributed by atoms with van der Waals surface area (Å²) in [5.41, 5.74) is 0. The number of hydrogen-bond donors (Lipinski definition) is 0. The summed E-state index contributed by atoms with van der Waals surface area (Å²) in [6.45, 7) is 6.50. The van der Waals surface area contributed by atoms with Crippen molar-refractivity contribution in [1.29, 1.82) is 0 Å². The maximum absolute atomic E-state index is 12.9. The molecule has 0 saturated heterocycles. The van der Waals surface area contributed by atoms with E-state index in [2.05, 4.69) is 93.7 Å². The fourth-order valence-corrected chi connectivity index (χ4v) is 8.42. The summed E-state index contributed by atoms with van der Waals surface area (Å²) in [6, 6.07) is 0. The second kappa shape index (κ2) is 58.4. The summed E-state index contributed by atoms with van der Waals surface area (Å²) in [4.78, 5) is 38.2. The second-order valence-electron chi connectivity index (χ2n) is 19.9. The van der Waals surface area contributed by atoms with E-state index in [0.29, 0.717) is 19.3 Å².